The topological polar surface area (TPSA) is 44.1 Å². The Hall–Kier alpha value is -2.10. The Bertz CT molecular complexity index is 543. The molecule has 1 aromatic carbocycles. The van der Waals surface area contributed by atoms with Crippen molar-refractivity contribution in [2.45, 2.75) is 19.9 Å². The van der Waals surface area contributed by atoms with Gasteiger partial charge in [0.05, 0.1) is 13.2 Å². The summed E-state index contributed by atoms with van der Waals surface area (Å²) in [5.41, 5.74) is 0.677. The van der Waals surface area contributed by atoms with Gasteiger partial charge in [-0.05, 0) is 38.1 Å². The van der Waals surface area contributed by atoms with E-state index in [-0.39, 0.29) is 11.8 Å². The fraction of sp³-hybridized carbons (Fsp3) is 0.286. The third kappa shape index (κ3) is 2.27. The summed E-state index contributed by atoms with van der Waals surface area (Å²) in [6.45, 7) is 3.76. The molecule has 0 bridgehead atoms. The highest BCUT2D eigenvalue weighted by molar-refractivity contribution is 5.98. The van der Waals surface area contributed by atoms with E-state index in [4.69, 9.17) is 4.74 Å². The molecule has 18 heavy (non-hydrogen) atoms. The Kier molecular flexibility index (Phi) is 3.46. The second-order valence-corrected chi connectivity index (χ2v) is 4.15. The average Bonchev–Trinajstić information content (AvgIpc) is 2.83. The van der Waals surface area contributed by atoms with Crippen molar-refractivity contribution in [3.05, 3.63) is 48.0 Å². The van der Waals surface area contributed by atoms with Crippen LogP contribution in [0.1, 0.15) is 29.1 Å². The molecule has 0 radical (unpaired) electrons. The fourth-order valence-electron chi connectivity index (χ4n) is 1.92. The first-order chi connectivity index (χ1) is 8.63. The van der Waals surface area contributed by atoms with Crippen LogP contribution in [-0.4, -0.2) is 22.4 Å². The smallest absolute Gasteiger partial charge is 0.185 e. The predicted octanol–water partition coefficient (Wildman–Crippen LogP) is 2.64. The number of rotatable bonds is 4. The van der Waals surface area contributed by atoms with Gasteiger partial charge >= 0.3 is 0 Å². The monoisotopic (exact) mass is 244 g/mol. The van der Waals surface area contributed by atoms with Crippen LogP contribution in [0.3, 0.4) is 0 Å². The number of aryl methyl sites for hydroxylation is 1. The summed E-state index contributed by atoms with van der Waals surface area (Å²) in [5, 5.41) is 0. The number of benzene rings is 1. The van der Waals surface area contributed by atoms with Gasteiger partial charge in [-0.2, -0.15) is 0 Å². The van der Waals surface area contributed by atoms with Gasteiger partial charge in [0.1, 0.15) is 11.6 Å². The number of hydrogen-bond acceptors (Lipinski definition) is 3. The largest absolute Gasteiger partial charge is 0.497 e. The minimum Gasteiger partial charge on any atom is -0.497 e. The molecular weight excluding hydrogens is 228 g/mol. The van der Waals surface area contributed by atoms with Gasteiger partial charge in [0.2, 0.25) is 0 Å². The van der Waals surface area contributed by atoms with Crippen LogP contribution >= 0.6 is 0 Å². The molecule has 0 saturated carbocycles. The summed E-state index contributed by atoms with van der Waals surface area (Å²) < 4.78 is 6.94. The number of ketones is 1. The lowest BCUT2D eigenvalue weighted by Crippen LogP contribution is -2.17. The molecule has 94 valence electrons. The Balaban J connectivity index is 2.23. The zero-order chi connectivity index (χ0) is 13.1. The molecule has 0 amide bonds. The SMILES string of the molecule is COc1ccc(C(=O)C(C)n2ccnc2C)cc1. The standard InChI is InChI=1S/C14H16N2O2/c1-10(16-9-8-15-11(16)2)14(17)12-4-6-13(18-3)7-5-12/h4-10H,1-3H3. The summed E-state index contributed by atoms with van der Waals surface area (Å²) in [7, 11) is 1.61. The van der Waals surface area contributed by atoms with Crippen LogP contribution in [0.2, 0.25) is 0 Å². The van der Waals surface area contributed by atoms with Crippen molar-refractivity contribution < 1.29 is 9.53 Å². The Labute approximate surface area is 106 Å². The molecule has 0 aliphatic heterocycles. The van der Waals surface area contributed by atoms with Crippen molar-refractivity contribution >= 4 is 5.78 Å². The third-order valence-electron chi connectivity index (χ3n) is 3.03. The first-order valence-corrected chi connectivity index (χ1v) is 5.81. The second kappa shape index (κ2) is 5.04. The summed E-state index contributed by atoms with van der Waals surface area (Å²) in [6, 6.07) is 6.90. The van der Waals surface area contributed by atoms with E-state index in [9.17, 15) is 4.79 Å². The molecular formula is C14H16N2O2. The highest BCUT2D eigenvalue weighted by atomic mass is 16.5. The molecule has 0 aliphatic rings. The van der Waals surface area contributed by atoms with Gasteiger partial charge in [-0.25, -0.2) is 4.98 Å². The minimum absolute atomic E-state index is 0.0683. The first kappa shape index (κ1) is 12.4. The molecule has 1 unspecified atom stereocenters. The summed E-state index contributed by atoms with van der Waals surface area (Å²) in [5.74, 6) is 1.65. The minimum atomic E-state index is -0.249. The van der Waals surface area contributed by atoms with Gasteiger partial charge in [-0.3, -0.25) is 4.79 Å². The van der Waals surface area contributed by atoms with Gasteiger partial charge in [0.15, 0.2) is 5.78 Å². The third-order valence-corrected chi connectivity index (χ3v) is 3.03. The van der Waals surface area contributed by atoms with Crippen LogP contribution in [0, 0.1) is 6.92 Å². The van der Waals surface area contributed by atoms with E-state index in [1.54, 1.807) is 37.6 Å². The van der Waals surface area contributed by atoms with Crippen LogP contribution < -0.4 is 4.74 Å². The normalized spacial score (nSPS) is 12.2. The maximum atomic E-state index is 12.3. The molecule has 0 aliphatic carbocycles. The van der Waals surface area contributed by atoms with E-state index in [2.05, 4.69) is 4.98 Å². The fourth-order valence-corrected chi connectivity index (χ4v) is 1.92. The lowest BCUT2D eigenvalue weighted by Gasteiger charge is -2.14. The van der Waals surface area contributed by atoms with Gasteiger partial charge in [0, 0.05) is 18.0 Å². The summed E-state index contributed by atoms with van der Waals surface area (Å²) in [6.07, 6.45) is 3.52. The number of Topliss-reactive ketones (excluding diaryl/α,β-unsaturated/α-hetero) is 1. The molecule has 4 nitrogen and oxygen atoms in total. The summed E-state index contributed by atoms with van der Waals surface area (Å²) in [4.78, 5) is 16.4. The van der Waals surface area contributed by atoms with Crippen molar-refractivity contribution in [3.8, 4) is 5.75 Å². The molecule has 1 atom stereocenters. The lowest BCUT2D eigenvalue weighted by molar-refractivity contribution is 0.0933. The highest BCUT2D eigenvalue weighted by Gasteiger charge is 2.17. The van der Waals surface area contributed by atoms with Crippen LogP contribution in [-0.2, 0) is 0 Å². The molecule has 0 N–H and O–H groups in total. The van der Waals surface area contributed by atoms with E-state index in [1.165, 1.54) is 0 Å². The number of ether oxygens (including phenoxy) is 1. The number of aromatic nitrogens is 2. The molecule has 4 heteroatoms. The number of carbonyl (C=O) groups excluding carboxylic acids is 1. The molecule has 2 rings (SSSR count). The van der Waals surface area contributed by atoms with Gasteiger partial charge < -0.3 is 9.30 Å². The molecule has 0 saturated heterocycles. The summed E-state index contributed by atoms with van der Waals surface area (Å²) >= 11 is 0. The maximum Gasteiger partial charge on any atom is 0.185 e. The van der Waals surface area contributed by atoms with Crippen LogP contribution in [0.25, 0.3) is 0 Å². The molecule has 1 aromatic heterocycles. The van der Waals surface area contributed by atoms with E-state index in [1.807, 2.05) is 24.6 Å². The average molecular weight is 244 g/mol. The number of hydrogen-bond donors (Lipinski definition) is 0. The van der Waals surface area contributed by atoms with Crippen molar-refractivity contribution in [1.29, 1.82) is 0 Å². The van der Waals surface area contributed by atoms with Crippen LogP contribution in [0.15, 0.2) is 36.7 Å². The van der Waals surface area contributed by atoms with E-state index >= 15 is 0 Å². The molecule has 1 heterocycles. The van der Waals surface area contributed by atoms with Crippen molar-refractivity contribution in [1.82, 2.24) is 9.55 Å². The zero-order valence-electron chi connectivity index (χ0n) is 10.8. The molecule has 2 aromatic rings. The Morgan fingerprint density at radius 3 is 2.50 bits per heavy atom. The lowest BCUT2D eigenvalue weighted by atomic mass is 10.1. The first-order valence-electron chi connectivity index (χ1n) is 5.81. The second-order valence-electron chi connectivity index (χ2n) is 4.15. The maximum absolute atomic E-state index is 12.3. The predicted molar refractivity (Wildman–Crippen MR) is 69.0 cm³/mol. The Morgan fingerprint density at radius 1 is 1.33 bits per heavy atom. The van der Waals surface area contributed by atoms with E-state index in [0.717, 1.165) is 11.6 Å². The number of carbonyl (C=O) groups is 1. The van der Waals surface area contributed by atoms with Gasteiger partial charge in [-0.1, -0.05) is 0 Å². The molecule has 0 spiro atoms. The zero-order valence-corrected chi connectivity index (χ0v) is 10.8. The van der Waals surface area contributed by atoms with E-state index in [0.29, 0.717) is 5.56 Å². The van der Waals surface area contributed by atoms with E-state index < -0.39 is 0 Å². The van der Waals surface area contributed by atoms with Crippen LogP contribution in [0.4, 0.5) is 0 Å². The number of methoxy groups -OCH3 is 1. The molecule has 0 fully saturated rings. The number of imidazole rings is 1. The highest BCUT2D eigenvalue weighted by Crippen LogP contribution is 2.18. The van der Waals surface area contributed by atoms with Gasteiger partial charge in [0.25, 0.3) is 0 Å². The number of nitrogens with zero attached hydrogens (tertiary/aromatic N) is 2. The van der Waals surface area contributed by atoms with Crippen molar-refractivity contribution in [3.63, 3.8) is 0 Å². The van der Waals surface area contributed by atoms with Gasteiger partial charge in [-0.15, -0.1) is 0 Å². The van der Waals surface area contributed by atoms with Crippen molar-refractivity contribution in [2.24, 2.45) is 0 Å². The quantitative estimate of drug-likeness (QED) is 0.777. The van der Waals surface area contributed by atoms with Crippen molar-refractivity contribution in [2.75, 3.05) is 7.11 Å². The van der Waals surface area contributed by atoms with Crippen LogP contribution in [0.5, 0.6) is 5.75 Å². The Morgan fingerprint density at radius 2 is 2.00 bits per heavy atom.